The molecule has 0 heterocycles. The van der Waals surface area contributed by atoms with E-state index in [4.69, 9.17) is 23.7 Å². The number of aliphatic hydroxyl groups excluding tert-OH is 1. The number of esters is 4. The highest BCUT2D eigenvalue weighted by Gasteiger charge is 2.63. The van der Waals surface area contributed by atoms with Gasteiger partial charge in [-0.1, -0.05) is 64.3 Å². The standard InChI is InChI=1S/C40H55NO10/c1-21(2)47-36(34(41(11)12)27-16-14-13-15-17-27)38(46)51-31-20-32(45)40(10)29(22(31)3)18-28-19-30(48-24(5)42)23(4)33(39(28,8)9)35(49-25(6)43)37(40)50-26(7)44/h13-17,28-32,34-37,45H,1,3,18-20H2,2,4-12H3/t28-,29+,30-,31-,32-,34-,35+,36+,37-,40+/m0/s1. The summed E-state index contributed by atoms with van der Waals surface area (Å²) >= 11 is 0. The van der Waals surface area contributed by atoms with Crippen LogP contribution in [0.3, 0.4) is 0 Å². The molecule has 1 aromatic rings. The van der Waals surface area contributed by atoms with E-state index in [0.29, 0.717) is 35.3 Å². The Kier molecular flexibility index (Phi) is 12.0. The Morgan fingerprint density at radius 3 is 1.98 bits per heavy atom. The van der Waals surface area contributed by atoms with Crippen LogP contribution >= 0.6 is 0 Å². The highest BCUT2D eigenvalue weighted by Crippen LogP contribution is 2.60. The summed E-state index contributed by atoms with van der Waals surface area (Å²) in [5, 5.41) is 12.2. The Balaban J connectivity index is 1.83. The molecule has 1 aromatic carbocycles. The molecule has 2 fully saturated rings. The van der Waals surface area contributed by atoms with Crippen molar-refractivity contribution in [2.24, 2.45) is 22.7 Å². The van der Waals surface area contributed by atoms with Crippen molar-refractivity contribution in [3.8, 4) is 0 Å². The third kappa shape index (κ3) is 7.94. The van der Waals surface area contributed by atoms with Gasteiger partial charge in [0.1, 0.15) is 12.2 Å². The van der Waals surface area contributed by atoms with E-state index in [0.717, 1.165) is 5.56 Å². The Bertz CT molecular complexity index is 1560. The first-order valence-corrected chi connectivity index (χ1v) is 17.5. The van der Waals surface area contributed by atoms with Gasteiger partial charge in [-0.05, 0) is 80.3 Å². The van der Waals surface area contributed by atoms with Crippen molar-refractivity contribution in [2.45, 2.75) is 117 Å². The zero-order valence-corrected chi connectivity index (χ0v) is 31.7. The monoisotopic (exact) mass is 709 g/mol. The number of carbonyl (C=O) groups excluding carboxylic acids is 4. The van der Waals surface area contributed by atoms with E-state index in [2.05, 4.69) is 13.2 Å². The van der Waals surface area contributed by atoms with Crippen LogP contribution in [0.25, 0.3) is 0 Å². The molecular formula is C40H55NO10. The van der Waals surface area contributed by atoms with Gasteiger partial charge in [-0.15, -0.1) is 0 Å². The quantitative estimate of drug-likeness (QED) is 0.140. The fraction of sp³-hybridized carbons (Fsp3) is 0.600. The van der Waals surface area contributed by atoms with Crippen LogP contribution in [0.1, 0.15) is 86.3 Å². The van der Waals surface area contributed by atoms with Crippen molar-refractivity contribution in [3.63, 3.8) is 0 Å². The van der Waals surface area contributed by atoms with Gasteiger partial charge in [0.25, 0.3) is 0 Å². The van der Waals surface area contributed by atoms with E-state index in [1.807, 2.05) is 77.0 Å². The summed E-state index contributed by atoms with van der Waals surface area (Å²) in [7, 11) is 3.69. The molecule has 0 aliphatic heterocycles. The van der Waals surface area contributed by atoms with Gasteiger partial charge in [-0.25, -0.2) is 4.79 Å². The number of allylic oxidation sites excluding steroid dienone is 1. The molecule has 0 radical (unpaired) electrons. The van der Waals surface area contributed by atoms with E-state index < -0.39 is 83.3 Å². The predicted molar refractivity (Wildman–Crippen MR) is 190 cm³/mol. The van der Waals surface area contributed by atoms with Crippen LogP contribution in [0.15, 0.2) is 66.0 Å². The maximum atomic E-state index is 14.2. The zero-order chi connectivity index (χ0) is 38.2. The number of likely N-dealkylation sites (N-methyl/N-ethyl adjacent to an activating group) is 1. The molecule has 2 bridgehead atoms. The summed E-state index contributed by atoms with van der Waals surface area (Å²) in [5.41, 5.74) is 0.898. The lowest BCUT2D eigenvalue weighted by atomic mass is 9.49. The third-order valence-electron chi connectivity index (χ3n) is 11.3. The summed E-state index contributed by atoms with van der Waals surface area (Å²) in [6.07, 6.45) is -5.30. The Hall–Kier alpha value is -3.96. The van der Waals surface area contributed by atoms with E-state index in [1.165, 1.54) is 20.8 Å². The maximum absolute atomic E-state index is 14.2. The average Bonchev–Trinajstić information content (AvgIpc) is 3.01. The van der Waals surface area contributed by atoms with Crippen LogP contribution in [0.4, 0.5) is 0 Å². The van der Waals surface area contributed by atoms with Crippen LogP contribution in [0.2, 0.25) is 0 Å². The highest BCUT2D eigenvalue weighted by molar-refractivity contribution is 5.77. The fourth-order valence-electron chi connectivity index (χ4n) is 8.82. The number of benzene rings is 1. The minimum atomic E-state index is -1.23. The molecule has 1 N–H and O–H groups in total. The Morgan fingerprint density at radius 2 is 1.45 bits per heavy atom. The van der Waals surface area contributed by atoms with Gasteiger partial charge in [0.05, 0.1) is 17.9 Å². The lowest BCUT2D eigenvalue weighted by molar-refractivity contribution is -0.206. The van der Waals surface area contributed by atoms with Gasteiger partial charge >= 0.3 is 23.9 Å². The van der Waals surface area contributed by atoms with Gasteiger partial charge in [0, 0.05) is 32.6 Å². The van der Waals surface area contributed by atoms with Gasteiger partial charge in [0.2, 0.25) is 6.10 Å². The molecular weight excluding hydrogens is 654 g/mol. The molecule has 4 rings (SSSR count). The number of ether oxygens (including phenoxy) is 5. The summed E-state index contributed by atoms with van der Waals surface area (Å²) < 4.78 is 30.2. The van der Waals surface area contributed by atoms with Crippen molar-refractivity contribution >= 4 is 23.9 Å². The van der Waals surface area contributed by atoms with Crippen LogP contribution in [-0.2, 0) is 42.9 Å². The van der Waals surface area contributed by atoms with Crippen LogP contribution in [0, 0.1) is 22.7 Å². The topological polar surface area (TPSA) is 138 Å². The number of fused-ring (bicyclic) bond motifs is 3. The molecule has 3 aliphatic rings. The first kappa shape index (κ1) is 39.8. The van der Waals surface area contributed by atoms with Crippen molar-refractivity contribution in [1.82, 2.24) is 4.90 Å². The summed E-state index contributed by atoms with van der Waals surface area (Å²) in [6.45, 7) is 21.6. The second-order valence-electron chi connectivity index (χ2n) is 15.4. The summed E-state index contributed by atoms with van der Waals surface area (Å²) in [4.78, 5) is 54.0. The number of hydrogen-bond donors (Lipinski definition) is 1. The Labute approximate surface area is 302 Å². The largest absolute Gasteiger partial charge is 0.482 e. The molecule has 11 nitrogen and oxygen atoms in total. The first-order chi connectivity index (χ1) is 23.7. The van der Waals surface area contributed by atoms with E-state index in [9.17, 15) is 24.3 Å². The smallest absolute Gasteiger partial charge is 0.349 e. The van der Waals surface area contributed by atoms with Crippen molar-refractivity contribution < 1.29 is 48.0 Å². The molecule has 0 unspecified atom stereocenters. The second kappa shape index (κ2) is 15.3. The number of nitrogens with zero attached hydrogens (tertiary/aromatic N) is 1. The number of carbonyl (C=O) groups is 4. The van der Waals surface area contributed by atoms with Gasteiger partial charge in [0.15, 0.2) is 12.2 Å². The maximum Gasteiger partial charge on any atom is 0.349 e. The third-order valence-corrected chi connectivity index (χ3v) is 11.3. The number of rotatable bonds is 10. The van der Waals surface area contributed by atoms with Crippen LogP contribution in [-0.4, -0.2) is 84.6 Å². The molecule has 0 aromatic heterocycles. The SMILES string of the molecule is C=C(C)O[C@@H](C(=O)O[C@H]1C[C@H](O)[C@@]2(C)[C@H](C[C@H]3C[C@H](OC(C)=O)C(C)=C([C@@H](OC(C)=O)[C@@H]2OC(C)=O)C3(C)C)C1=C)[C@H](c1ccccc1)N(C)C. The van der Waals surface area contributed by atoms with Gasteiger partial charge < -0.3 is 28.8 Å². The average molecular weight is 710 g/mol. The molecule has 2 saturated carbocycles. The van der Waals surface area contributed by atoms with Gasteiger partial charge in [-0.3, -0.25) is 19.3 Å². The molecule has 0 amide bonds. The second-order valence-corrected chi connectivity index (χ2v) is 15.4. The normalized spacial score (nSPS) is 31.2. The molecule has 280 valence electrons. The van der Waals surface area contributed by atoms with E-state index >= 15 is 0 Å². The zero-order valence-electron chi connectivity index (χ0n) is 31.7. The molecule has 0 saturated heterocycles. The van der Waals surface area contributed by atoms with E-state index in [-0.39, 0.29) is 12.3 Å². The number of aliphatic hydroxyl groups is 1. The van der Waals surface area contributed by atoms with Crippen molar-refractivity contribution in [2.75, 3.05) is 14.1 Å². The molecule has 0 spiro atoms. The van der Waals surface area contributed by atoms with Gasteiger partial charge in [-0.2, -0.15) is 0 Å². The number of hydrogen-bond acceptors (Lipinski definition) is 11. The van der Waals surface area contributed by atoms with Crippen LogP contribution < -0.4 is 0 Å². The lowest BCUT2D eigenvalue weighted by Crippen LogP contribution is -2.64. The molecule has 10 atom stereocenters. The molecule has 3 aliphatic carbocycles. The minimum absolute atomic E-state index is 0.0535. The summed E-state index contributed by atoms with van der Waals surface area (Å²) in [6, 6.07) is 8.94. The minimum Gasteiger partial charge on any atom is -0.482 e. The Morgan fingerprint density at radius 1 is 0.863 bits per heavy atom. The van der Waals surface area contributed by atoms with Crippen molar-refractivity contribution in [3.05, 3.63) is 71.5 Å². The molecule has 51 heavy (non-hydrogen) atoms. The highest BCUT2D eigenvalue weighted by atomic mass is 16.6. The fourth-order valence-corrected chi connectivity index (χ4v) is 8.82. The summed E-state index contributed by atoms with van der Waals surface area (Å²) in [5.74, 6) is -2.78. The lowest BCUT2D eigenvalue weighted by Gasteiger charge is -2.59. The molecule has 11 heteroatoms. The van der Waals surface area contributed by atoms with Crippen molar-refractivity contribution in [1.29, 1.82) is 0 Å². The predicted octanol–water partition coefficient (Wildman–Crippen LogP) is 5.62. The van der Waals surface area contributed by atoms with Crippen LogP contribution in [0.5, 0.6) is 0 Å². The first-order valence-electron chi connectivity index (χ1n) is 17.5. The van der Waals surface area contributed by atoms with E-state index in [1.54, 1.807) is 6.92 Å².